The third-order valence-corrected chi connectivity index (χ3v) is 10.4. The molecule has 1 heterocycles. The van der Waals surface area contributed by atoms with Gasteiger partial charge in [0.1, 0.15) is 5.78 Å². The summed E-state index contributed by atoms with van der Waals surface area (Å²) in [6.07, 6.45) is 11.7. The predicted molar refractivity (Wildman–Crippen MR) is 190 cm³/mol. The van der Waals surface area contributed by atoms with Crippen LogP contribution in [-0.2, 0) is 14.9 Å². The van der Waals surface area contributed by atoms with Crippen LogP contribution in [-0.4, -0.2) is 36.7 Å². The summed E-state index contributed by atoms with van der Waals surface area (Å²) in [6, 6.07) is 6.34. The molecule has 1 radical (unpaired) electrons. The first-order valence-electron chi connectivity index (χ1n) is 17.1. The van der Waals surface area contributed by atoms with Crippen LogP contribution < -0.4 is 10.8 Å². The molecule has 1 saturated heterocycles. The molecule has 0 amide bonds. The van der Waals surface area contributed by atoms with Gasteiger partial charge in [0.05, 0.1) is 11.0 Å². The quantitative estimate of drug-likeness (QED) is 0.186. The average molecular weight is 601 g/mol. The molecule has 5 heteroatoms. The van der Waals surface area contributed by atoms with Crippen LogP contribution in [0.3, 0.4) is 0 Å². The number of thiol groups is 1. The molecule has 241 valence electrons. The fourth-order valence-corrected chi connectivity index (χ4v) is 6.17. The summed E-state index contributed by atoms with van der Waals surface area (Å²) < 4.78 is 5.79. The number of hydrogen-bond donors (Lipinski definition) is 2. The highest BCUT2D eigenvalue weighted by molar-refractivity contribution is 7.81. The molecule has 1 aliphatic carbocycles. The van der Waals surface area contributed by atoms with E-state index in [1.54, 1.807) is 0 Å². The van der Waals surface area contributed by atoms with Gasteiger partial charge in [-0.3, -0.25) is 4.79 Å². The van der Waals surface area contributed by atoms with Crippen molar-refractivity contribution in [1.82, 2.24) is 5.32 Å². The summed E-state index contributed by atoms with van der Waals surface area (Å²) in [5, 5.41) is 3.40. The molecule has 0 aromatic heterocycles. The van der Waals surface area contributed by atoms with E-state index in [0.717, 1.165) is 54.7 Å². The summed E-state index contributed by atoms with van der Waals surface area (Å²) >= 11 is 4.65. The molecule has 3 rings (SSSR count). The van der Waals surface area contributed by atoms with Crippen molar-refractivity contribution in [3.63, 3.8) is 0 Å². The van der Waals surface area contributed by atoms with Crippen molar-refractivity contribution in [1.29, 1.82) is 0 Å². The van der Waals surface area contributed by atoms with Crippen molar-refractivity contribution in [3.05, 3.63) is 29.3 Å². The van der Waals surface area contributed by atoms with E-state index in [0.29, 0.717) is 5.78 Å². The maximum atomic E-state index is 13.2. The smallest absolute Gasteiger partial charge is 0.330 e. The van der Waals surface area contributed by atoms with Crippen molar-refractivity contribution < 1.29 is 9.45 Å². The summed E-state index contributed by atoms with van der Waals surface area (Å²) in [4.78, 5) is 13.2. The topological polar surface area (TPSA) is 38.3 Å². The van der Waals surface area contributed by atoms with E-state index in [-0.39, 0.29) is 16.1 Å². The lowest BCUT2D eigenvalue weighted by molar-refractivity contribution is -0.128. The van der Waals surface area contributed by atoms with E-state index >= 15 is 0 Å². The van der Waals surface area contributed by atoms with Gasteiger partial charge in [-0.25, -0.2) is 0 Å². The highest BCUT2D eigenvalue weighted by Crippen LogP contribution is 2.38. The van der Waals surface area contributed by atoms with Crippen LogP contribution in [0.2, 0.25) is 0 Å². The fraction of sp³-hybridized carbons (Fsp3) is 0.811. The van der Waals surface area contributed by atoms with Crippen LogP contribution in [0.4, 0.5) is 0 Å². The van der Waals surface area contributed by atoms with Gasteiger partial charge < -0.3 is 9.97 Å². The summed E-state index contributed by atoms with van der Waals surface area (Å²) in [6.45, 7) is 27.5. The standard InChI is InChI=1S/C22H35BNO2S.C8H16.C7H16/c1-15(2)19(25)22(10-12-24-13-11-22)18-9-8-17(14-16(18)3)23-26-20(4,5)21(6,7)27;1-3-4-8-5-7(2)6-8;1-4-6-7(3)5-2/h8-9,14-15,24,27H,10-13H2,1-7H3;7-8H,3-6H2,1-2H3;7H,4-6H2,1-3H3/t;;7-/m..1/s1. The Kier molecular flexibility index (Phi) is 17.1. The first kappa shape index (κ1) is 39.2. The fourth-order valence-electron chi connectivity index (χ4n) is 6.12. The van der Waals surface area contributed by atoms with Crippen molar-refractivity contribution in [2.75, 3.05) is 13.1 Å². The predicted octanol–water partition coefficient (Wildman–Crippen LogP) is 9.25. The number of rotatable bonds is 12. The van der Waals surface area contributed by atoms with Gasteiger partial charge in [0.15, 0.2) is 0 Å². The van der Waals surface area contributed by atoms with Gasteiger partial charge in [0.25, 0.3) is 0 Å². The molecule has 1 aromatic carbocycles. The maximum absolute atomic E-state index is 13.2. The molecule has 0 unspecified atom stereocenters. The van der Waals surface area contributed by atoms with E-state index in [1.807, 2.05) is 35.2 Å². The number of hydrogen-bond acceptors (Lipinski definition) is 4. The van der Waals surface area contributed by atoms with Gasteiger partial charge in [-0.2, -0.15) is 12.6 Å². The summed E-state index contributed by atoms with van der Waals surface area (Å²) in [5.74, 6) is 3.50. The number of benzene rings is 1. The minimum atomic E-state index is -0.396. The van der Waals surface area contributed by atoms with Gasteiger partial charge in [-0.15, -0.1) is 0 Å². The molecular weight excluding hydrogens is 533 g/mol. The third kappa shape index (κ3) is 12.0. The molecule has 0 spiro atoms. The lowest BCUT2D eigenvalue weighted by Crippen LogP contribution is -2.48. The Labute approximate surface area is 268 Å². The number of carbonyl (C=O) groups is 1. The summed E-state index contributed by atoms with van der Waals surface area (Å²) in [7, 11) is 1.81. The number of nitrogens with one attached hydrogen (secondary N) is 1. The second-order valence-electron chi connectivity index (χ2n) is 14.8. The molecule has 1 saturated carbocycles. The van der Waals surface area contributed by atoms with Crippen LogP contribution in [0.15, 0.2) is 18.2 Å². The second-order valence-corrected chi connectivity index (χ2v) is 15.9. The average Bonchev–Trinajstić information content (AvgIpc) is 2.91. The van der Waals surface area contributed by atoms with Gasteiger partial charge in [0.2, 0.25) is 0 Å². The molecule has 1 aliphatic heterocycles. The highest BCUT2D eigenvalue weighted by Gasteiger charge is 2.42. The molecule has 3 nitrogen and oxygen atoms in total. The zero-order valence-electron chi connectivity index (χ0n) is 29.7. The SMILES string of the molecule is CCCC1CC(C)C1.CCC[C@H](C)CC.Cc1cc([B]OC(C)(C)C(C)(C)S)ccc1C1(C(=O)C(C)C)CCNCC1. The van der Waals surface area contributed by atoms with Crippen LogP contribution in [0.1, 0.15) is 145 Å². The molecule has 1 aromatic rings. The Morgan fingerprint density at radius 2 is 1.67 bits per heavy atom. The van der Waals surface area contributed by atoms with E-state index in [1.165, 1.54) is 50.5 Å². The van der Waals surface area contributed by atoms with E-state index in [4.69, 9.17) is 4.65 Å². The summed E-state index contributed by atoms with van der Waals surface area (Å²) in [5.41, 5.74) is 2.59. The Hall–Kier alpha value is -0.775. The third-order valence-electron chi connectivity index (χ3n) is 9.83. The van der Waals surface area contributed by atoms with Crippen LogP contribution >= 0.6 is 12.6 Å². The number of carbonyl (C=O) groups excluding carboxylic acids is 1. The lowest BCUT2D eigenvalue weighted by Gasteiger charge is -2.39. The van der Waals surface area contributed by atoms with Crippen LogP contribution in [0.25, 0.3) is 0 Å². The largest absolute Gasteiger partial charge is 0.428 e. The van der Waals surface area contributed by atoms with Gasteiger partial charge in [-0.1, -0.05) is 104 Å². The van der Waals surface area contributed by atoms with Crippen molar-refractivity contribution >= 4 is 31.4 Å². The molecule has 1 N–H and O–H groups in total. The minimum absolute atomic E-state index is 0.0375. The Morgan fingerprint density at radius 3 is 2.07 bits per heavy atom. The Morgan fingerprint density at radius 1 is 1.07 bits per heavy atom. The van der Waals surface area contributed by atoms with Crippen molar-refractivity contribution in [2.24, 2.45) is 23.7 Å². The first-order chi connectivity index (χ1) is 19.5. The van der Waals surface area contributed by atoms with Gasteiger partial charge >= 0.3 is 7.48 Å². The van der Waals surface area contributed by atoms with Crippen molar-refractivity contribution in [3.8, 4) is 0 Å². The molecular formula is C37H67BNO2S. The van der Waals surface area contributed by atoms with E-state index in [2.05, 4.69) is 91.5 Å². The molecule has 0 bridgehead atoms. The van der Waals surface area contributed by atoms with Crippen molar-refractivity contribution in [2.45, 2.75) is 157 Å². The highest BCUT2D eigenvalue weighted by atomic mass is 32.1. The second kappa shape index (κ2) is 18.3. The Bertz CT molecular complexity index is 908. The van der Waals surface area contributed by atoms with Crippen LogP contribution in [0, 0.1) is 30.6 Å². The number of piperidine rings is 1. The molecule has 2 fully saturated rings. The van der Waals surface area contributed by atoms with E-state index < -0.39 is 5.60 Å². The molecule has 42 heavy (non-hydrogen) atoms. The van der Waals surface area contributed by atoms with Gasteiger partial charge in [0, 0.05) is 10.7 Å². The molecule has 2 aliphatic rings. The number of aryl methyl sites for hydroxylation is 1. The van der Waals surface area contributed by atoms with Gasteiger partial charge in [-0.05, 0) is 102 Å². The zero-order chi connectivity index (χ0) is 32.1. The maximum Gasteiger partial charge on any atom is 0.330 e. The molecule has 1 atom stereocenters. The normalized spacial score (nSPS) is 20.8. The first-order valence-corrected chi connectivity index (χ1v) is 17.6. The lowest BCUT2D eigenvalue weighted by atomic mass is 9.65. The minimum Gasteiger partial charge on any atom is -0.428 e. The number of ketones is 1. The van der Waals surface area contributed by atoms with E-state index in [9.17, 15) is 4.79 Å². The monoisotopic (exact) mass is 600 g/mol. The Balaban J connectivity index is 0.000000477. The van der Waals surface area contributed by atoms with Crippen LogP contribution in [0.5, 0.6) is 0 Å². The zero-order valence-corrected chi connectivity index (χ0v) is 30.6. The number of Topliss-reactive ketones (excluding diaryl/α,β-unsaturated/α-hetero) is 1.